The summed E-state index contributed by atoms with van der Waals surface area (Å²) < 4.78 is 7.28. The van der Waals surface area contributed by atoms with E-state index in [2.05, 4.69) is 25.8 Å². The lowest BCUT2D eigenvalue weighted by Crippen LogP contribution is -2.12. The van der Waals surface area contributed by atoms with Crippen LogP contribution in [-0.2, 0) is 16.1 Å². The van der Waals surface area contributed by atoms with E-state index in [0.29, 0.717) is 0 Å². The minimum absolute atomic E-state index is 0.141. The van der Waals surface area contributed by atoms with Gasteiger partial charge in [0.25, 0.3) is 0 Å². The molecular weight excluding hydrogens is 272 g/mol. The third-order valence-electron chi connectivity index (χ3n) is 2.40. The van der Waals surface area contributed by atoms with Gasteiger partial charge in [0.15, 0.2) is 0 Å². The van der Waals surface area contributed by atoms with Crippen molar-refractivity contribution in [3.05, 3.63) is 28.4 Å². The van der Waals surface area contributed by atoms with Gasteiger partial charge in [-0.05, 0) is 25.1 Å². The molecule has 5 heteroatoms. The number of methoxy groups -OCH3 is 1. The number of rotatable bonds is 2. The summed E-state index contributed by atoms with van der Waals surface area (Å²) in [5.41, 5.74) is 1.84. The maximum atomic E-state index is 11.2. The van der Waals surface area contributed by atoms with Gasteiger partial charge in [-0.2, -0.15) is 5.10 Å². The van der Waals surface area contributed by atoms with Crippen molar-refractivity contribution in [2.45, 2.75) is 13.5 Å². The van der Waals surface area contributed by atoms with Gasteiger partial charge >= 0.3 is 5.97 Å². The predicted molar refractivity (Wildman–Crippen MR) is 64.2 cm³/mol. The highest BCUT2D eigenvalue weighted by Crippen LogP contribution is 2.22. The van der Waals surface area contributed by atoms with Gasteiger partial charge in [0, 0.05) is 9.86 Å². The molecular formula is C11H11BrN2O2. The van der Waals surface area contributed by atoms with E-state index in [1.807, 2.05) is 25.1 Å². The second-order valence-electron chi connectivity index (χ2n) is 3.48. The van der Waals surface area contributed by atoms with Crippen LogP contribution in [0.5, 0.6) is 0 Å². The molecule has 0 spiro atoms. The van der Waals surface area contributed by atoms with Crippen molar-refractivity contribution in [1.82, 2.24) is 9.78 Å². The summed E-state index contributed by atoms with van der Waals surface area (Å²) in [5.74, 6) is -0.299. The fourth-order valence-corrected chi connectivity index (χ4v) is 1.98. The van der Waals surface area contributed by atoms with Crippen LogP contribution in [0.4, 0.5) is 0 Å². The van der Waals surface area contributed by atoms with E-state index in [1.165, 1.54) is 7.11 Å². The van der Waals surface area contributed by atoms with E-state index in [-0.39, 0.29) is 12.5 Å². The first-order valence-corrected chi connectivity index (χ1v) is 5.60. The van der Waals surface area contributed by atoms with Crippen LogP contribution in [0.3, 0.4) is 0 Å². The SMILES string of the molecule is COC(=O)Cn1nc(C)c2cc(Br)ccc21. The second kappa shape index (κ2) is 4.25. The molecule has 0 aliphatic heterocycles. The van der Waals surface area contributed by atoms with Gasteiger partial charge < -0.3 is 4.74 Å². The number of esters is 1. The van der Waals surface area contributed by atoms with E-state index in [1.54, 1.807) is 4.68 Å². The van der Waals surface area contributed by atoms with Crippen molar-refractivity contribution >= 4 is 32.8 Å². The van der Waals surface area contributed by atoms with Crippen LogP contribution in [-0.4, -0.2) is 22.9 Å². The lowest BCUT2D eigenvalue weighted by atomic mass is 10.2. The molecule has 1 heterocycles. The molecule has 0 amide bonds. The highest BCUT2D eigenvalue weighted by atomic mass is 79.9. The van der Waals surface area contributed by atoms with Crippen LogP contribution < -0.4 is 0 Å². The average Bonchev–Trinajstić information content (AvgIpc) is 2.55. The van der Waals surface area contributed by atoms with Crippen LogP contribution in [0.2, 0.25) is 0 Å². The average molecular weight is 283 g/mol. The zero-order chi connectivity index (χ0) is 11.7. The quantitative estimate of drug-likeness (QED) is 0.794. The molecule has 0 unspecified atom stereocenters. The molecule has 0 radical (unpaired) electrons. The molecule has 0 atom stereocenters. The Labute approximate surface area is 101 Å². The third-order valence-corrected chi connectivity index (χ3v) is 2.90. The Hall–Kier alpha value is -1.36. The number of carbonyl (C=O) groups excluding carboxylic acids is 1. The minimum atomic E-state index is -0.299. The van der Waals surface area contributed by atoms with Gasteiger partial charge in [0.2, 0.25) is 0 Å². The molecule has 0 aliphatic rings. The predicted octanol–water partition coefficient (Wildman–Crippen LogP) is 2.28. The molecule has 16 heavy (non-hydrogen) atoms. The van der Waals surface area contributed by atoms with E-state index in [4.69, 9.17) is 0 Å². The second-order valence-corrected chi connectivity index (χ2v) is 4.40. The number of aryl methyl sites for hydroxylation is 1. The van der Waals surface area contributed by atoms with Gasteiger partial charge in [0.1, 0.15) is 6.54 Å². The summed E-state index contributed by atoms with van der Waals surface area (Å²) in [5, 5.41) is 5.35. The molecule has 0 N–H and O–H groups in total. The molecule has 0 bridgehead atoms. The molecule has 2 rings (SSSR count). The topological polar surface area (TPSA) is 44.1 Å². The van der Waals surface area contributed by atoms with E-state index >= 15 is 0 Å². The number of fused-ring (bicyclic) bond motifs is 1. The summed E-state index contributed by atoms with van der Waals surface area (Å²) in [6.45, 7) is 2.06. The number of halogens is 1. The molecule has 84 valence electrons. The molecule has 0 saturated heterocycles. The largest absolute Gasteiger partial charge is 0.468 e. The Morgan fingerprint density at radius 1 is 1.56 bits per heavy atom. The number of hydrogen-bond acceptors (Lipinski definition) is 3. The lowest BCUT2D eigenvalue weighted by Gasteiger charge is -2.01. The van der Waals surface area contributed by atoms with Crippen molar-refractivity contribution in [3.63, 3.8) is 0 Å². The summed E-state index contributed by atoms with van der Waals surface area (Å²) in [6.07, 6.45) is 0. The van der Waals surface area contributed by atoms with Gasteiger partial charge in [-0.3, -0.25) is 9.48 Å². The van der Waals surface area contributed by atoms with Crippen LogP contribution in [0.15, 0.2) is 22.7 Å². The van der Waals surface area contributed by atoms with Gasteiger partial charge in [-0.1, -0.05) is 15.9 Å². The maximum absolute atomic E-state index is 11.2. The lowest BCUT2D eigenvalue weighted by molar-refractivity contribution is -0.141. The Morgan fingerprint density at radius 3 is 3.00 bits per heavy atom. The highest BCUT2D eigenvalue weighted by Gasteiger charge is 2.10. The summed E-state index contributed by atoms with van der Waals surface area (Å²) in [4.78, 5) is 11.2. The number of benzene rings is 1. The van der Waals surface area contributed by atoms with Gasteiger partial charge in [-0.15, -0.1) is 0 Å². The van der Waals surface area contributed by atoms with Crippen molar-refractivity contribution < 1.29 is 9.53 Å². The first-order valence-electron chi connectivity index (χ1n) is 4.81. The van der Waals surface area contributed by atoms with Crippen molar-refractivity contribution in [1.29, 1.82) is 0 Å². The first-order chi connectivity index (χ1) is 7.61. The van der Waals surface area contributed by atoms with E-state index < -0.39 is 0 Å². The monoisotopic (exact) mass is 282 g/mol. The standard InChI is InChI=1S/C11H11BrN2O2/c1-7-9-5-8(12)3-4-10(9)14(13-7)6-11(15)16-2/h3-5H,6H2,1-2H3. The van der Waals surface area contributed by atoms with Crippen LogP contribution >= 0.6 is 15.9 Å². The molecule has 1 aromatic carbocycles. The summed E-state index contributed by atoms with van der Waals surface area (Å²) in [7, 11) is 1.37. The summed E-state index contributed by atoms with van der Waals surface area (Å²) >= 11 is 3.41. The van der Waals surface area contributed by atoms with Crippen molar-refractivity contribution in [3.8, 4) is 0 Å². The molecule has 0 aliphatic carbocycles. The van der Waals surface area contributed by atoms with Crippen molar-refractivity contribution in [2.24, 2.45) is 0 Å². The van der Waals surface area contributed by atoms with Gasteiger partial charge in [0.05, 0.1) is 18.3 Å². The smallest absolute Gasteiger partial charge is 0.327 e. The fourth-order valence-electron chi connectivity index (χ4n) is 1.62. The number of carbonyl (C=O) groups is 1. The van der Waals surface area contributed by atoms with E-state index in [0.717, 1.165) is 21.1 Å². The number of ether oxygens (including phenoxy) is 1. The molecule has 4 nitrogen and oxygen atoms in total. The fraction of sp³-hybridized carbons (Fsp3) is 0.273. The normalized spacial score (nSPS) is 10.7. The van der Waals surface area contributed by atoms with Gasteiger partial charge in [-0.25, -0.2) is 0 Å². The highest BCUT2D eigenvalue weighted by molar-refractivity contribution is 9.10. The van der Waals surface area contributed by atoms with Crippen LogP contribution in [0.25, 0.3) is 10.9 Å². The number of nitrogens with zero attached hydrogens (tertiary/aromatic N) is 2. The number of hydrogen-bond donors (Lipinski definition) is 0. The van der Waals surface area contributed by atoms with Crippen LogP contribution in [0, 0.1) is 6.92 Å². The minimum Gasteiger partial charge on any atom is -0.468 e. The Bertz CT molecular complexity index is 548. The Balaban J connectivity index is 2.51. The maximum Gasteiger partial charge on any atom is 0.327 e. The zero-order valence-corrected chi connectivity index (χ0v) is 10.6. The molecule has 2 aromatic rings. The van der Waals surface area contributed by atoms with E-state index in [9.17, 15) is 4.79 Å². The Kier molecular flexibility index (Phi) is 2.96. The Morgan fingerprint density at radius 2 is 2.31 bits per heavy atom. The third kappa shape index (κ3) is 1.95. The number of aromatic nitrogens is 2. The summed E-state index contributed by atoms with van der Waals surface area (Å²) in [6, 6.07) is 5.85. The first kappa shape index (κ1) is 11.1. The zero-order valence-electron chi connectivity index (χ0n) is 9.03. The molecule has 0 saturated carbocycles. The van der Waals surface area contributed by atoms with Crippen LogP contribution in [0.1, 0.15) is 5.69 Å². The molecule has 0 fully saturated rings. The van der Waals surface area contributed by atoms with Crippen molar-refractivity contribution in [2.75, 3.05) is 7.11 Å². The molecule has 1 aromatic heterocycles.